The van der Waals surface area contributed by atoms with Gasteiger partial charge in [0.05, 0.1) is 0 Å². The van der Waals surface area contributed by atoms with Gasteiger partial charge in [0.1, 0.15) is 0 Å². The molecule has 0 saturated carbocycles. The zero-order valence-corrected chi connectivity index (χ0v) is 5.99. The van der Waals surface area contributed by atoms with Gasteiger partial charge in [-0.3, -0.25) is 0 Å². The molecular formula is C4H7O4P. The van der Waals surface area contributed by atoms with Crippen LogP contribution in [0, 0.1) is 0 Å². The van der Waals surface area contributed by atoms with E-state index in [0.717, 1.165) is 0 Å². The highest BCUT2D eigenvalue weighted by atomic mass is 31.0. The van der Waals surface area contributed by atoms with Crippen molar-refractivity contribution in [3.8, 4) is 0 Å². The summed E-state index contributed by atoms with van der Waals surface area (Å²) < 4.78 is 0. The number of hydrogen-bond donors (Lipinski definition) is 2. The van der Waals surface area contributed by atoms with E-state index in [2.05, 4.69) is 0 Å². The maximum Gasteiger partial charge on any atom is 0.328 e. The largest absolute Gasteiger partial charge is 0.478 e. The Morgan fingerprint density at radius 1 is 1.00 bits per heavy atom. The second-order valence-corrected chi connectivity index (χ2v) is 1.01. The summed E-state index contributed by atoms with van der Waals surface area (Å²) in [4.78, 5) is 19.1. The summed E-state index contributed by atoms with van der Waals surface area (Å²) in [6.45, 7) is 0. The first-order valence-electron chi connectivity index (χ1n) is 1.77. The van der Waals surface area contributed by atoms with E-state index in [1.165, 1.54) is 0 Å². The minimum absolute atomic E-state index is 0. The van der Waals surface area contributed by atoms with Gasteiger partial charge in [-0.15, -0.1) is 0 Å². The summed E-state index contributed by atoms with van der Waals surface area (Å²) in [5.41, 5.74) is 0. The second-order valence-electron chi connectivity index (χ2n) is 1.01. The number of hydrogen-bond acceptors (Lipinski definition) is 2. The van der Waals surface area contributed by atoms with Crippen LogP contribution in [0.25, 0.3) is 0 Å². The van der Waals surface area contributed by atoms with E-state index >= 15 is 0 Å². The highest BCUT2D eigenvalue weighted by Gasteiger charge is 1.88. The first-order valence-corrected chi connectivity index (χ1v) is 1.77. The van der Waals surface area contributed by atoms with Gasteiger partial charge in [0.15, 0.2) is 0 Å². The first-order chi connectivity index (χ1) is 3.63. The molecule has 0 aliphatic carbocycles. The fraction of sp³-hybridized carbons (Fsp3) is 0. The molecule has 0 fully saturated rings. The lowest BCUT2D eigenvalue weighted by Gasteiger charge is -1.74. The van der Waals surface area contributed by atoms with Crippen molar-refractivity contribution in [1.29, 1.82) is 0 Å². The molecule has 0 aliphatic heterocycles. The molecule has 0 rings (SSSR count). The predicted molar refractivity (Wildman–Crippen MR) is 35.5 cm³/mol. The third kappa shape index (κ3) is 11.0. The molecule has 4 nitrogen and oxygen atoms in total. The number of carboxylic acid groups (broad SMARTS) is 2. The number of aliphatic carboxylic acids is 2. The van der Waals surface area contributed by atoms with Gasteiger partial charge in [0.25, 0.3) is 0 Å². The van der Waals surface area contributed by atoms with Crippen molar-refractivity contribution in [1.82, 2.24) is 0 Å². The van der Waals surface area contributed by atoms with Gasteiger partial charge >= 0.3 is 11.9 Å². The SMILES string of the molecule is O=C(O)/C=C/C(=O)O.P. The summed E-state index contributed by atoms with van der Waals surface area (Å²) in [5.74, 6) is -2.51. The molecule has 0 aromatic rings. The zero-order valence-electron chi connectivity index (χ0n) is 4.57. The van der Waals surface area contributed by atoms with Crippen molar-refractivity contribution >= 4 is 21.8 Å². The highest BCUT2D eigenvalue weighted by Crippen LogP contribution is 1.70. The van der Waals surface area contributed by atoms with Gasteiger partial charge in [-0.1, -0.05) is 0 Å². The minimum atomic E-state index is -1.26. The fourth-order valence-corrected chi connectivity index (χ4v) is 0.143. The van der Waals surface area contributed by atoms with Crippen molar-refractivity contribution in [2.24, 2.45) is 0 Å². The standard InChI is InChI=1S/C4H4O4.H3P/c5-3(6)1-2-4(7)8;/h1-2H,(H,5,6)(H,7,8);1H3/b2-1+;. The van der Waals surface area contributed by atoms with E-state index in [0.29, 0.717) is 12.2 Å². The molecule has 5 heteroatoms. The van der Waals surface area contributed by atoms with Crippen LogP contribution >= 0.6 is 9.90 Å². The molecular weight excluding hydrogens is 143 g/mol. The van der Waals surface area contributed by atoms with Crippen LogP contribution in [0.2, 0.25) is 0 Å². The maximum absolute atomic E-state index is 9.55. The molecule has 0 aromatic heterocycles. The molecule has 2 N–H and O–H groups in total. The maximum atomic E-state index is 9.55. The number of carboxylic acids is 2. The summed E-state index contributed by atoms with van der Waals surface area (Å²) >= 11 is 0. The molecule has 0 amide bonds. The number of carbonyl (C=O) groups is 2. The monoisotopic (exact) mass is 150 g/mol. The Morgan fingerprint density at radius 3 is 1.33 bits per heavy atom. The van der Waals surface area contributed by atoms with Crippen LogP contribution in [0.1, 0.15) is 0 Å². The Bertz CT molecular complexity index is 124. The Labute approximate surface area is 54.8 Å². The van der Waals surface area contributed by atoms with E-state index in [1.54, 1.807) is 0 Å². The lowest BCUT2D eigenvalue weighted by Crippen LogP contribution is -1.91. The van der Waals surface area contributed by atoms with Crippen molar-refractivity contribution in [2.75, 3.05) is 0 Å². The second kappa shape index (κ2) is 5.25. The average molecular weight is 150 g/mol. The molecule has 1 atom stereocenters. The van der Waals surface area contributed by atoms with Crippen LogP contribution in [0.5, 0.6) is 0 Å². The van der Waals surface area contributed by atoms with Crippen molar-refractivity contribution < 1.29 is 19.8 Å². The molecule has 0 aliphatic rings. The lowest BCUT2D eigenvalue weighted by atomic mass is 10.5. The van der Waals surface area contributed by atoms with Gasteiger partial charge in [0, 0.05) is 12.2 Å². The van der Waals surface area contributed by atoms with Crippen LogP contribution in [-0.2, 0) is 9.59 Å². The molecule has 0 aromatic carbocycles. The third-order valence-corrected chi connectivity index (χ3v) is 0.368. The topological polar surface area (TPSA) is 74.6 Å². The lowest BCUT2D eigenvalue weighted by molar-refractivity contribution is -0.134. The van der Waals surface area contributed by atoms with Gasteiger partial charge in [0.2, 0.25) is 0 Å². The fourth-order valence-electron chi connectivity index (χ4n) is 0.143. The van der Waals surface area contributed by atoms with E-state index < -0.39 is 11.9 Å². The predicted octanol–water partition coefficient (Wildman–Crippen LogP) is -0.230. The number of rotatable bonds is 2. The van der Waals surface area contributed by atoms with E-state index in [1.807, 2.05) is 0 Å². The van der Waals surface area contributed by atoms with Crippen LogP contribution in [0.3, 0.4) is 0 Å². The Kier molecular flexibility index (Phi) is 6.41. The van der Waals surface area contributed by atoms with Gasteiger partial charge in [-0.2, -0.15) is 9.90 Å². The Hall–Kier alpha value is -0.890. The normalized spacial score (nSPS) is 8.44. The summed E-state index contributed by atoms with van der Waals surface area (Å²) in [6, 6.07) is 0. The van der Waals surface area contributed by atoms with Crippen molar-refractivity contribution in [3.05, 3.63) is 12.2 Å². The van der Waals surface area contributed by atoms with E-state index in [-0.39, 0.29) is 9.90 Å². The smallest absolute Gasteiger partial charge is 0.328 e. The van der Waals surface area contributed by atoms with Gasteiger partial charge in [-0.05, 0) is 0 Å². The molecule has 0 spiro atoms. The van der Waals surface area contributed by atoms with E-state index in [4.69, 9.17) is 10.2 Å². The molecule has 0 saturated heterocycles. The molecule has 1 unspecified atom stereocenters. The summed E-state index contributed by atoms with van der Waals surface area (Å²) in [5, 5.41) is 15.6. The quantitative estimate of drug-likeness (QED) is 0.421. The van der Waals surface area contributed by atoms with Gasteiger partial charge in [-0.25, -0.2) is 9.59 Å². The minimum Gasteiger partial charge on any atom is -0.478 e. The van der Waals surface area contributed by atoms with E-state index in [9.17, 15) is 9.59 Å². The molecule has 0 bridgehead atoms. The van der Waals surface area contributed by atoms with Crippen LogP contribution in [-0.4, -0.2) is 22.2 Å². The molecule has 52 valence electrons. The van der Waals surface area contributed by atoms with Crippen molar-refractivity contribution in [3.63, 3.8) is 0 Å². The molecule has 0 radical (unpaired) electrons. The zero-order chi connectivity index (χ0) is 6.57. The molecule has 9 heavy (non-hydrogen) atoms. The van der Waals surface area contributed by atoms with Crippen LogP contribution in [0.15, 0.2) is 12.2 Å². The average Bonchev–Trinajstić information content (AvgIpc) is 1.61. The Morgan fingerprint density at radius 2 is 1.22 bits per heavy atom. The molecule has 0 heterocycles. The summed E-state index contributed by atoms with van der Waals surface area (Å²) in [6.07, 6.45) is 1.12. The first kappa shape index (κ1) is 11.0. The van der Waals surface area contributed by atoms with Crippen molar-refractivity contribution in [2.45, 2.75) is 0 Å². The van der Waals surface area contributed by atoms with Gasteiger partial charge < -0.3 is 10.2 Å². The highest BCUT2D eigenvalue weighted by molar-refractivity contribution is 6.92. The summed E-state index contributed by atoms with van der Waals surface area (Å²) in [7, 11) is 0. The third-order valence-electron chi connectivity index (χ3n) is 0.368. The van der Waals surface area contributed by atoms with Crippen LogP contribution in [0.4, 0.5) is 0 Å². The Balaban J connectivity index is 0. The van der Waals surface area contributed by atoms with Crippen LogP contribution < -0.4 is 0 Å².